The van der Waals surface area contributed by atoms with E-state index in [2.05, 4.69) is 21.9 Å². The van der Waals surface area contributed by atoms with Crippen LogP contribution < -0.4 is 0 Å². The van der Waals surface area contributed by atoms with Crippen LogP contribution >= 0.6 is 0 Å². The molecule has 2 bridgehead atoms. The summed E-state index contributed by atoms with van der Waals surface area (Å²) in [5.74, 6) is 0.290. The Morgan fingerprint density at radius 1 is 1.00 bits per heavy atom. The molecule has 2 heterocycles. The zero-order chi connectivity index (χ0) is 13.4. The van der Waals surface area contributed by atoms with Crippen molar-refractivity contribution in [3.05, 3.63) is 0 Å². The lowest BCUT2D eigenvalue weighted by atomic mass is 9.64. The van der Waals surface area contributed by atoms with Crippen molar-refractivity contribution in [3.8, 4) is 12.1 Å². The molecular weight excluding hydrogens is 228 g/mol. The SMILES string of the molecule is CC12CN(CC#N)CC(C)(CN(CC#N)C1)C2=O. The minimum absolute atomic E-state index is 0.290. The number of hydrogen-bond donors (Lipinski definition) is 0. The third kappa shape index (κ3) is 2.01. The lowest BCUT2D eigenvalue weighted by Crippen LogP contribution is -2.68. The van der Waals surface area contributed by atoms with Crippen LogP contribution in [-0.2, 0) is 4.79 Å². The highest BCUT2D eigenvalue weighted by atomic mass is 16.1. The summed E-state index contributed by atoms with van der Waals surface area (Å²) < 4.78 is 0. The van der Waals surface area contributed by atoms with E-state index in [9.17, 15) is 4.79 Å². The van der Waals surface area contributed by atoms with Crippen LogP contribution in [0.4, 0.5) is 0 Å². The monoisotopic (exact) mass is 246 g/mol. The van der Waals surface area contributed by atoms with Crippen LogP contribution in [0.3, 0.4) is 0 Å². The summed E-state index contributed by atoms with van der Waals surface area (Å²) in [4.78, 5) is 16.7. The minimum atomic E-state index is -0.445. The molecule has 0 aromatic rings. The van der Waals surface area contributed by atoms with Gasteiger partial charge in [-0.1, -0.05) is 13.8 Å². The maximum absolute atomic E-state index is 12.5. The van der Waals surface area contributed by atoms with E-state index < -0.39 is 10.8 Å². The van der Waals surface area contributed by atoms with E-state index >= 15 is 0 Å². The van der Waals surface area contributed by atoms with Crippen LogP contribution in [0.25, 0.3) is 0 Å². The van der Waals surface area contributed by atoms with Gasteiger partial charge in [-0.3, -0.25) is 14.6 Å². The Hall–Kier alpha value is -1.43. The van der Waals surface area contributed by atoms with Gasteiger partial charge in [0.05, 0.1) is 36.1 Å². The highest BCUT2D eigenvalue weighted by Gasteiger charge is 2.55. The first-order valence-electron chi connectivity index (χ1n) is 6.17. The van der Waals surface area contributed by atoms with Gasteiger partial charge in [0.2, 0.25) is 0 Å². The average molecular weight is 246 g/mol. The van der Waals surface area contributed by atoms with Gasteiger partial charge in [-0.2, -0.15) is 10.5 Å². The predicted molar refractivity (Wildman–Crippen MR) is 65.3 cm³/mol. The Balaban J connectivity index is 2.26. The molecular formula is C13H18N4O. The lowest BCUT2D eigenvalue weighted by Gasteiger charge is -2.54. The second kappa shape index (κ2) is 4.35. The molecule has 0 aliphatic carbocycles. The topological polar surface area (TPSA) is 71.1 Å². The summed E-state index contributed by atoms with van der Waals surface area (Å²) in [5.41, 5.74) is -0.891. The average Bonchev–Trinajstić information content (AvgIpc) is 2.24. The number of fused-ring (bicyclic) bond motifs is 2. The summed E-state index contributed by atoms with van der Waals surface area (Å²) in [7, 11) is 0. The third-order valence-corrected chi connectivity index (χ3v) is 3.98. The van der Waals surface area contributed by atoms with Crippen molar-refractivity contribution in [3.63, 3.8) is 0 Å². The molecule has 2 aliphatic rings. The number of piperidine rings is 2. The summed E-state index contributed by atoms with van der Waals surface area (Å²) in [5, 5.41) is 17.6. The fourth-order valence-electron chi connectivity index (χ4n) is 3.63. The second-order valence-electron chi connectivity index (χ2n) is 6.06. The zero-order valence-electron chi connectivity index (χ0n) is 10.9. The fraction of sp³-hybridized carbons (Fsp3) is 0.769. The quantitative estimate of drug-likeness (QED) is 0.653. The molecule has 0 aromatic heterocycles. The molecule has 2 rings (SSSR count). The van der Waals surface area contributed by atoms with Gasteiger partial charge in [-0.25, -0.2) is 0 Å². The van der Waals surface area contributed by atoms with E-state index in [1.165, 1.54) is 0 Å². The highest BCUT2D eigenvalue weighted by Crippen LogP contribution is 2.41. The Morgan fingerprint density at radius 3 is 1.61 bits per heavy atom. The predicted octanol–water partition coefficient (Wildman–Crippen LogP) is 0.246. The summed E-state index contributed by atoms with van der Waals surface area (Å²) in [6.07, 6.45) is 0. The first kappa shape index (κ1) is 13.0. The number of Topliss-reactive ketones (excluding diaryl/α,β-unsaturated/α-hetero) is 1. The molecule has 0 amide bonds. The van der Waals surface area contributed by atoms with Crippen molar-refractivity contribution < 1.29 is 4.79 Å². The standard InChI is InChI=1S/C13H18N4O/c1-12-7-16(5-3-14)9-13(2,11(12)18)10-17(8-12)6-4-15/h5-10H2,1-2H3. The van der Waals surface area contributed by atoms with Gasteiger partial charge in [0.25, 0.3) is 0 Å². The fourth-order valence-corrected chi connectivity index (χ4v) is 3.63. The van der Waals surface area contributed by atoms with Crippen molar-refractivity contribution in [2.24, 2.45) is 10.8 Å². The molecule has 0 spiro atoms. The van der Waals surface area contributed by atoms with Crippen LogP contribution in [0.15, 0.2) is 0 Å². The molecule has 2 saturated heterocycles. The molecule has 0 aromatic carbocycles. The number of nitrogens with zero attached hydrogens (tertiary/aromatic N) is 4. The number of hydrogen-bond acceptors (Lipinski definition) is 5. The van der Waals surface area contributed by atoms with Crippen molar-refractivity contribution in [2.45, 2.75) is 13.8 Å². The largest absolute Gasteiger partial charge is 0.298 e. The van der Waals surface area contributed by atoms with Crippen molar-refractivity contribution in [1.82, 2.24) is 9.80 Å². The Morgan fingerprint density at radius 2 is 1.33 bits per heavy atom. The third-order valence-electron chi connectivity index (χ3n) is 3.98. The molecule has 2 aliphatic heterocycles. The van der Waals surface area contributed by atoms with Gasteiger partial charge in [0, 0.05) is 26.2 Å². The van der Waals surface area contributed by atoms with Crippen molar-refractivity contribution in [1.29, 1.82) is 10.5 Å². The minimum Gasteiger partial charge on any atom is -0.298 e. The molecule has 0 unspecified atom stereocenters. The smallest absolute Gasteiger partial charge is 0.149 e. The zero-order valence-corrected chi connectivity index (χ0v) is 10.9. The molecule has 18 heavy (non-hydrogen) atoms. The van der Waals surface area contributed by atoms with E-state index in [1.54, 1.807) is 0 Å². The molecule has 0 radical (unpaired) electrons. The normalized spacial score (nSPS) is 37.0. The molecule has 0 saturated carbocycles. The van der Waals surface area contributed by atoms with E-state index in [1.807, 2.05) is 13.8 Å². The van der Waals surface area contributed by atoms with Crippen LogP contribution in [-0.4, -0.2) is 54.9 Å². The molecule has 0 atom stereocenters. The van der Waals surface area contributed by atoms with Crippen molar-refractivity contribution >= 4 is 5.78 Å². The second-order valence-corrected chi connectivity index (χ2v) is 6.06. The van der Waals surface area contributed by atoms with Crippen LogP contribution in [0.1, 0.15) is 13.8 Å². The lowest BCUT2D eigenvalue weighted by molar-refractivity contribution is -0.156. The van der Waals surface area contributed by atoms with E-state index in [-0.39, 0.29) is 0 Å². The number of rotatable bonds is 2. The van der Waals surface area contributed by atoms with Crippen LogP contribution in [0.5, 0.6) is 0 Å². The number of carbonyl (C=O) groups excluding carboxylic acids is 1. The van der Waals surface area contributed by atoms with Gasteiger partial charge in [0.15, 0.2) is 0 Å². The number of ketones is 1. The van der Waals surface area contributed by atoms with E-state index in [0.717, 1.165) is 0 Å². The molecule has 96 valence electrons. The van der Waals surface area contributed by atoms with Gasteiger partial charge >= 0.3 is 0 Å². The van der Waals surface area contributed by atoms with E-state index in [0.29, 0.717) is 45.1 Å². The van der Waals surface area contributed by atoms with Gasteiger partial charge in [-0.05, 0) is 0 Å². The first-order chi connectivity index (χ1) is 8.43. The van der Waals surface area contributed by atoms with Gasteiger partial charge in [0.1, 0.15) is 5.78 Å². The first-order valence-corrected chi connectivity index (χ1v) is 6.17. The van der Waals surface area contributed by atoms with E-state index in [4.69, 9.17) is 10.5 Å². The van der Waals surface area contributed by atoms with Crippen LogP contribution in [0.2, 0.25) is 0 Å². The van der Waals surface area contributed by atoms with Gasteiger partial charge in [-0.15, -0.1) is 0 Å². The molecule has 0 N–H and O–H groups in total. The van der Waals surface area contributed by atoms with Crippen LogP contribution in [0, 0.1) is 33.5 Å². The Labute approximate surface area is 108 Å². The molecule has 2 fully saturated rings. The summed E-state index contributed by atoms with van der Waals surface area (Å²) >= 11 is 0. The highest BCUT2D eigenvalue weighted by molar-refractivity contribution is 5.92. The molecule has 5 nitrogen and oxygen atoms in total. The number of carbonyl (C=O) groups is 1. The maximum Gasteiger partial charge on any atom is 0.149 e. The summed E-state index contributed by atoms with van der Waals surface area (Å²) in [6.45, 7) is 7.15. The van der Waals surface area contributed by atoms with Crippen molar-refractivity contribution in [2.75, 3.05) is 39.3 Å². The molecule has 5 heteroatoms. The number of nitriles is 2. The van der Waals surface area contributed by atoms with Gasteiger partial charge < -0.3 is 0 Å². The maximum atomic E-state index is 12.5. The summed E-state index contributed by atoms with van der Waals surface area (Å²) in [6, 6.07) is 4.32. The Kier molecular flexibility index (Phi) is 3.14. The number of likely N-dealkylation sites (tertiary alicyclic amines) is 2. The Bertz CT molecular complexity index is 393.